The molecule has 1 saturated carbocycles. The molecule has 1 aromatic rings. The summed E-state index contributed by atoms with van der Waals surface area (Å²) in [6, 6.07) is 8.79. The van der Waals surface area contributed by atoms with Crippen molar-refractivity contribution in [3.8, 4) is 11.8 Å². The van der Waals surface area contributed by atoms with E-state index in [-0.39, 0.29) is 18.4 Å². The molecular weight excluding hydrogens is 304 g/mol. The van der Waals surface area contributed by atoms with Crippen molar-refractivity contribution in [2.24, 2.45) is 11.8 Å². The normalized spacial score (nSPS) is 17.0. The lowest BCUT2D eigenvalue weighted by atomic mass is 9.93. The molecule has 0 radical (unpaired) electrons. The summed E-state index contributed by atoms with van der Waals surface area (Å²) in [4.78, 5) is 12.2. The van der Waals surface area contributed by atoms with Crippen molar-refractivity contribution in [3.63, 3.8) is 0 Å². The molecule has 1 aromatic carbocycles. The Labute approximate surface area is 143 Å². The second-order valence-electron chi connectivity index (χ2n) is 6.58. The summed E-state index contributed by atoms with van der Waals surface area (Å²) < 4.78 is 5.59. The Morgan fingerprint density at radius 2 is 2.21 bits per heavy atom. The van der Waals surface area contributed by atoms with Crippen LogP contribution in [0.2, 0.25) is 0 Å². The minimum Gasteiger partial charge on any atom is -0.481 e. The highest BCUT2D eigenvalue weighted by molar-refractivity contribution is 5.80. The van der Waals surface area contributed by atoms with Gasteiger partial charge in [-0.3, -0.25) is 4.79 Å². The van der Waals surface area contributed by atoms with Crippen LogP contribution in [0.15, 0.2) is 24.3 Å². The second-order valence-corrected chi connectivity index (χ2v) is 6.58. The first-order valence-electron chi connectivity index (χ1n) is 8.67. The average molecular weight is 330 g/mol. The van der Waals surface area contributed by atoms with Crippen LogP contribution >= 0.6 is 0 Å². The molecule has 2 atom stereocenters. The van der Waals surface area contributed by atoms with Crippen LogP contribution in [0.5, 0.6) is 5.75 Å². The highest BCUT2D eigenvalue weighted by atomic mass is 16.5. The summed E-state index contributed by atoms with van der Waals surface area (Å²) in [6.07, 6.45) is 5.35. The standard InChI is InChI=1S/C19H26N2O3/c1-14(24-18-8-4-7-16(10-18)11-20)19(23)21-12-17(13-22)9-15-5-2-3-6-15/h4,7-8,10,14-15,17,22H,2-3,5-6,9,12-13H2,1H3,(H,21,23)/t14-,17+/m0/s1. The number of carbonyl (C=O) groups excluding carboxylic acids is 1. The number of ether oxygens (including phenoxy) is 1. The van der Waals surface area contributed by atoms with Gasteiger partial charge in [-0.1, -0.05) is 31.7 Å². The molecule has 2 N–H and O–H groups in total. The van der Waals surface area contributed by atoms with Gasteiger partial charge in [-0.2, -0.15) is 5.26 Å². The first-order valence-corrected chi connectivity index (χ1v) is 8.67. The number of nitrogens with one attached hydrogen (secondary N) is 1. The maximum atomic E-state index is 12.2. The Kier molecular flexibility index (Phi) is 7.07. The van der Waals surface area contributed by atoms with E-state index in [1.54, 1.807) is 31.2 Å². The number of benzene rings is 1. The van der Waals surface area contributed by atoms with E-state index in [1.807, 2.05) is 6.07 Å². The fourth-order valence-corrected chi connectivity index (χ4v) is 3.23. The summed E-state index contributed by atoms with van der Waals surface area (Å²) in [7, 11) is 0. The smallest absolute Gasteiger partial charge is 0.260 e. The van der Waals surface area contributed by atoms with Crippen molar-refractivity contribution < 1.29 is 14.6 Å². The number of amides is 1. The summed E-state index contributed by atoms with van der Waals surface area (Å²) in [5.41, 5.74) is 0.497. The lowest BCUT2D eigenvalue weighted by Gasteiger charge is -2.20. The summed E-state index contributed by atoms with van der Waals surface area (Å²) in [5.74, 6) is 1.08. The van der Waals surface area contributed by atoms with Crippen LogP contribution in [-0.2, 0) is 4.79 Å². The van der Waals surface area contributed by atoms with E-state index < -0.39 is 6.10 Å². The van der Waals surface area contributed by atoms with Gasteiger partial charge in [0.15, 0.2) is 6.10 Å². The number of aliphatic hydroxyl groups is 1. The molecule has 0 unspecified atom stereocenters. The van der Waals surface area contributed by atoms with E-state index in [9.17, 15) is 9.90 Å². The Morgan fingerprint density at radius 1 is 1.46 bits per heavy atom. The van der Waals surface area contributed by atoms with Crippen molar-refractivity contribution in [1.82, 2.24) is 5.32 Å². The molecule has 0 bridgehead atoms. The third kappa shape index (κ3) is 5.54. The Balaban J connectivity index is 1.78. The van der Waals surface area contributed by atoms with Crippen LogP contribution in [0.1, 0.15) is 44.6 Å². The van der Waals surface area contributed by atoms with Crippen LogP contribution in [0, 0.1) is 23.2 Å². The largest absolute Gasteiger partial charge is 0.481 e. The summed E-state index contributed by atoms with van der Waals surface area (Å²) >= 11 is 0. The van der Waals surface area contributed by atoms with E-state index in [1.165, 1.54) is 25.7 Å². The molecule has 5 heteroatoms. The van der Waals surface area contributed by atoms with Gasteiger partial charge in [0.1, 0.15) is 5.75 Å². The Bertz CT molecular complexity index is 576. The summed E-state index contributed by atoms with van der Waals surface area (Å²) in [6.45, 7) is 2.24. The fraction of sp³-hybridized carbons (Fsp3) is 0.579. The Morgan fingerprint density at radius 3 is 2.88 bits per heavy atom. The molecular formula is C19H26N2O3. The molecule has 0 aromatic heterocycles. The van der Waals surface area contributed by atoms with E-state index >= 15 is 0 Å². The molecule has 1 amide bonds. The number of hydrogen-bond donors (Lipinski definition) is 2. The molecule has 1 fully saturated rings. The maximum absolute atomic E-state index is 12.2. The number of hydrogen-bond acceptors (Lipinski definition) is 4. The van der Waals surface area contributed by atoms with Gasteiger partial charge < -0.3 is 15.2 Å². The Hall–Kier alpha value is -2.06. The van der Waals surface area contributed by atoms with E-state index in [0.717, 1.165) is 6.42 Å². The van der Waals surface area contributed by atoms with Crippen molar-refractivity contribution in [3.05, 3.63) is 29.8 Å². The molecule has 0 aliphatic heterocycles. The van der Waals surface area contributed by atoms with Crippen LogP contribution in [-0.4, -0.2) is 30.3 Å². The molecule has 5 nitrogen and oxygen atoms in total. The molecule has 0 heterocycles. The monoisotopic (exact) mass is 330 g/mol. The first kappa shape index (κ1) is 18.3. The highest BCUT2D eigenvalue weighted by Crippen LogP contribution is 2.30. The molecule has 0 saturated heterocycles. The van der Waals surface area contributed by atoms with Gasteiger partial charge in [0.2, 0.25) is 0 Å². The third-order valence-electron chi connectivity index (χ3n) is 4.61. The lowest BCUT2D eigenvalue weighted by molar-refractivity contribution is -0.127. The minimum absolute atomic E-state index is 0.0935. The minimum atomic E-state index is -0.648. The topological polar surface area (TPSA) is 82.3 Å². The quantitative estimate of drug-likeness (QED) is 0.767. The zero-order chi connectivity index (χ0) is 17.4. The van der Waals surface area contributed by atoms with Crippen molar-refractivity contribution in [1.29, 1.82) is 5.26 Å². The van der Waals surface area contributed by atoms with E-state index in [0.29, 0.717) is 23.8 Å². The first-order chi connectivity index (χ1) is 11.6. The lowest BCUT2D eigenvalue weighted by Crippen LogP contribution is -2.39. The molecule has 130 valence electrons. The molecule has 0 spiro atoms. The van der Waals surface area contributed by atoms with Gasteiger partial charge in [0, 0.05) is 13.2 Å². The van der Waals surface area contributed by atoms with Crippen molar-refractivity contribution >= 4 is 5.91 Å². The predicted molar refractivity (Wildman–Crippen MR) is 91.4 cm³/mol. The SMILES string of the molecule is C[C@H](Oc1cccc(C#N)c1)C(=O)NC[C@H](CO)CC1CCCC1. The van der Waals surface area contributed by atoms with E-state index in [4.69, 9.17) is 10.00 Å². The molecule has 1 aliphatic carbocycles. The second kappa shape index (κ2) is 9.29. The van der Waals surface area contributed by atoms with Crippen LogP contribution in [0.25, 0.3) is 0 Å². The predicted octanol–water partition coefficient (Wildman–Crippen LogP) is 2.63. The number of nitrogens with zero attached hydrogens (tertiary/aromatic N) is 1. The summed E-state index contributed by atoms with van der Waals surface area (Å²) in [5, 5.41) is 21.3. The fourth-order valence-electron chi connectivity index (χ4n) is 3.23. The van der Waals surface area contributed by atoms with Gasteiger partial charge in [0.05, 0.1) is 11.6 Å². The number of nitriles is 1. The maximum Gasteiger partial charge on any atom is 0.260 e. The third-order valence-corrected chi connectivity index (χ3v) is 4.61. The van der Waals surface area contributed by atoms with Gasteiger partial charge in [0.25, 0.3) is 5.91 Å². The van der Waals surface area contributed by atoms with Gasteiger partial charge >= 0.3 is 0 Å². The van der Waals surface area contributed by atoms with Gasteiger partial charge in [-0.05, 0) is 43.4 Å². The number of rotatable bonds is 8. The molecule has 2 rings (SSSR count). The molecule has 24 heavy (non-hydrogen) atoms. The number of carbonyl (C=O) groups is 1. The van der Waals surface area contributed by atoms with Crippen LogP contribution in [0.3, 0.4) is 0 Å². The number of aliphatic hydroxyl groups excluding tert-OH is 1. The van der Waals surface area contributed by atoms with Crippen LogP contribution in [0.4, 0.5) is 0 Å². The van der Waals surface area contributed by atoms with Crippen LogP contribution < -0.4 is 10.1 Å². The van der Waals surface area contributed by atoms with Gasteiger partial charge in [-0.25, -0.2) is 0 Å². The van der Waals surface area contributed by atoms with Crippen molar-refractivity contribution in [2.45, 2.75) is 45.1 Å². The van der Waals surface area contributed by atoms with Gasteiger partial charge in [-0.15, -0.1) is 0 Å². The van der Waals surface area contributed by atoms with E-state index in [2.05, 4.69) is 5.32 Å². The zero-order valence-corrected chi connectivity index (χ0v) is 14.2. The highest BCUT2D eigenvalue weighted by Gasteiger charge is 2.21. The molecule has 1 aliphatic rings. The zero-order valence-electron chi connectivity index (χ0n) is 14.2. The average Bonchev–Trinajstić information content (AvgIpc) is 3.11. The van der Waals surface area contributed by atoms with Crippen molar-refractivity contribution in [2.75, 3.05) is 13.2 Å².